The number of nitrogens with two attached hydrogens (primary N) is 1. The van der Waals surface area contributed by atoms with Crippen LogP contribution >= 0.6 is 11.3 Å². The molecule has 1 aliphatic carbocycles. The summed E-state index contributed by atoms with van der Waals surface area (Å²) in [6.07, 6.45) is 2.25. The first-order valence-electron chi connectivity index (χ1n) is 10.0. The van der Waals surface area contributed by atoms with Crippen molar-refractivity contribution in [1.82, 2.24) is 15.1 Å². The summed E-state index contributed by atoms with van der Waals surface area (Å²) >= 11 is 1.61. The summed E-state index contributed by atoms with van der Waals surface area (Å²) < 4.78 is 0. The molecule has 0 bridgehead atoms. The second-order valence-corrected chi connectivity index (χ2v) is 8.98. The van der Waals surface area contributed by atoms with Crippen LogP contribution in [0.15, 0.2) is 17.5 Å². The molecule has 1 aromatic heterocycles. The van der Waals surface area contributed by atoms with Gasteiger partial charge in [0.15, 0.2) is 0 Å². The average molecular weight is 407 g/mol. The summed E-state index contributed by atoms with van der Waals surface area (Å²) in [7, 11) is 0. The molecule has 2 fully saturated rings. The number of hydrogen-bond acceptors (Lipinski definition) is 5. The molecule has 2 heterocycles. The standard InChI is InChI=1S/C20H30N4O3S/c1-13(2)19(26)23(12-16-4-3-9-28-16)15-10-17(18(25)22-8-7-21)24(11-15)20(27)14-5-6-14/h3-4,9,13-15,17H,5-8,10-12,21H2,1-2H3,(H,22,25). The van der Waals surface area contributed by atoms with Gasteiger partial charge in [0.2, 0.25) is 17.7 Å². The Morgan fingerprint density at radius 1 is 1.36 bits per heavy atom. The van der Waals surface area contributed by atoms with Gasteiger partial charge < -0.3 is 20.9 Å². The van der Waals surface area contributed by atoms with Gasteiger partial charge in [-0.2, -0.15) is 0 Å². The van der Waals surface area contributed by atoms with Gasteiger partial charge in [-0.15, -0.1) is 11.3 Å². The van der Waals surface area contributed by atoms with Crippen LogP contribution in [0.1, 0.15) is 38.0 Å². The molecule has 3 N–H and O–H groups in total. The first kappa shape index (κ1) is 20.8. The normalized spacial score (nSPS) is 21.8. The molecule has 2 unspecified atom stereocenters. The highest BCUT2D eigenvalue weighted by atomic mass is 32.1. The smallest absolute Gasteiger partial charge is 0.242 e. The van der Waals surface area contributed by atoms with E-state index in [4.69, 9.17) is 5.73 Å². The molecule has 7 nitrogen and oxygen atoms in total. The van der Waals surface area contributed by atoms with Crippen LogP contribution in [0, 0.1) is 11.8 Å². The second kappa shape index (κ2) is 9.05. The lowest BCUT2D eigenvalue weighted by atomic mass is 10.1. The Hall–Kier alpha value is -1.93. The topological polar surface area (TPSA) is 95.7 Å². The lowest BCUT2D eigenvalue weighted by Gasteiger charge is -2.30. The fraction of sp³-hybridized carbons (Fsp3) is 0.650. The van der Waals surface area contributed by atoms with E-state index in [-0.39, 0.29) is 35.6 Å². The summed E-state index contributed by atoms with van der Waals surface area (Å²) in [6, 6.07) is 3.29. The van der Waals surface area contributed by atoms with E-state index in [2.05, 4.69) is 5.32 Å². The third-order valence-electron chi connectivity index (χ3n) is 5.36. The molecule has 8 heteroatoms. The molecule has 0 radical (unpaired) electrons. The average Bonchev–Trinajstić information content (AvgIpc) is 3.22. The van der Waals surface area contributed by atoms with E-state index in [1.54, 1.807) is 16.2 Å². The summed E-state index contributed by atoms with van der Waals surface area (Å²) in [5.41, 5.74) is 5.51. The fourth-order valence-corrected chi connectivity index (χ4v) is 4.40. The molecule has 2 aliphatic rings. The molecule has 154 valence electrons. The van der Waals surface area contributed by atoms with Crippen LogP contribution in [0.3, 0.4) is 0 Å². The van der Waals surface area contributed by atoms with E-state index in [0.29, 0.717) is 32.6 Å². The van der Waals surface area contributed by atoms with Crippen LogP contribution < -0.4 is 11.1 Å². The maximum Gasteiger partial charge on any atom is 0.242 e. The minimum atomic E-state index is -0.532. The van der Waals surface area contributed by atoms with Crippen molar-refractivity contribution in [2.75, 3.05) is 19.6 Å². The highest BCUT2D eigenvalue weighted by molar-refractivity contribution is 7.09. The van der Waals surface area contributed by atoms with E-state index in [0.717, 1.165) is 17.7 Å². The molecular formula is C20H30N4O3S. The largest absolute Gasteiger partial charge is 0.353 e. The Morgan fingerprint density at radius 2 is 2.11 bits per heavy atom. The van der Waals surface area contributed by atoms with Crippen molar-refractivity contribution in [2.45, 2.75) is 51.7 Å². The zero-order chi connectivity index (χ0) is 20.3. The molecule has 1 aliphatic heterocycles. The minimum Gasteiger partial charge on any atom is -0.353 e. The summed E-state index contributed by atoms with van der Waals surface area (Å²) in [4.78, 5) is 43.1. The van der Waals surface area contributed by atoms with Crippen molar-refractivity contribution in [3.05, 3.63) is 22.4 Å². The van der Waals surface area contributed by atoms with Crippen LogP contribution in [0.5, 0.6) is 0 Å². The molecule has 1 aromatic rings. The zero-order valence-corrected chi connectivity index (χ0v) is 17.4. The molecule has 1 saturated heterocycles. The van der Waals surface area contributed by atoms with E-state index in [1.807, 2.05) is 36.3 Å². The van der Waals surface area contributed by atoms with Crippen molar-refractivity contribution in [3.63, 3.8) is 0 Å². The number of carbonyl (C=O) groups is 3. The van der Waals surface area contributed by atoms with Crippen molar-refractivity contribution in [3.8, 4) is 0 Å². The Bertz CT molecular complexity index is 702. The molecule has 0 aromatic carbocycles. The summed E-state index contributed by atoms with van der Waals surface area (Å²) in [5, 5.41) is 4.81. The Balaban J connectivity index is 1.80. The van der Waals surface area contributed by atoms with Crippen molar-refractivity contribution in [1.29, 1.82) is 0 Å². The van der Waals surface area contributed by atoms with Crippen LogP contribution in [0.4, 0.5) is 0 Å². The van der Waals surface area contributed by atoms with Gasteiger partial charge in [-0.25, -0.2) is 0 Å². The minimum absolute atomic E-state index is 0.0371. The molecule has 3 rings (SSSR count). The molecule has 2 atom stereocenters. The number of carbonyl (C=O) groups excluding carboxylic acids is 3. The molecule has 3 amide bonds. The van der Waals surface area contributed by atoms with Crippen LogP contribution in [0.25, 0.3) is 0 Å². The number of likely N-dealkylation sites (tertiary alicyclic amines) is 1. The van der Waals surface area contributed by atoms with Gasteiger partial charge in [0.25, 0.3) is 0 Å². The third-order valence-corrected chi connectivity index (χ3v) is 6.22. The maximum atomic E-state index is 12.9. The predicted octanol–water partition coefficient (Wildman–Crippen LogP) is 1.19. The summed E-state index contributed by atoms with van der Waals surface area (Å²) in [6.45, 7) is 5.44. The van der Waals surface area contributed by atoms with Gasteiger partial charge in [0.1, 0.15) is 6.04 Å². The van der Waals surface area contributed by atoms with Crippen molar-refractivity contribution in [2.24, 2.45) is 17.6 Å². The number of nitrogens with one attached hydrogen (secondary N) is 1. The number of nitrogens with zero attached hydrogens (tertiary/aromatic N) is 2. The first-order chi connectivity index (χ1) is 13.4. The van der Waals surface area contributed by atoms with E-state index < -0.39 is 6.04 Å². The highest BCUT2D eigenvalue weighted by Gasteiger charge is 2.46. The second-order valence-electron chi connectivity index (χ2n) is 7.95. The third kappa shape index (κ3) is 4.72. The molecule has 1 saturated carbocycles. The van der Waals surface area contributed by atoms with Crippen molar-refractivity contribution < 1.29 is 14.4 Å². The highest BCUT2D eigenvalue weighted by Crippen LogP contribution is 2.35. The van der Waals surface area contributed by atoms with Crippen LogP contribution in [-0.4, -0.2) is 59.2 Å². The van der Waals surface area contributed by atoms with Gasteiger partial charge in [0, 0.05) is 36.3 Å². The lowest BCUT2D eigenvalue weighted by molar-refractivity contribution is -0.140. The number of thiophene rings is 1. The maximum absolute atomic E-state index is 12.9. The Kier molecular flexibility index (Phi) is 6.72. The number of hydrogen-bond donors (Lipinski definition) is 2. The molecular weight excluding hydrogens is 376 g/mol. The monoisotopic (exact) mass is 406 g/mol. The van der Waals surface area contributed by atoms with Gasteiger partial charge in [-0.3, -0.25) is 14.4 Å². The van der Waals surface area contributed by atoms with E-state index in [9.17, 15) is 14.4 Å². The Morgan fingerprint density at radius 3 is 2.68 bits per heavy atom. The number of amides is 3. The predicted molar refractivity (Wildman–Crippen MR) is 108 cm³/mol. The van der Waals surface area contributed by atoms with Gasteiger partial charge in [-0.05, 0) is 30.7 Å². The lowest BCUT2D eigenvalue weighted by Crippen LogP contribution is -2.47. The first-order valence-corrected chi connectivity index (χ1v) is 10.9. The molecule has 0 spiro atoms. The fourth-order valence-electron chi connectivity index (χ4n) is 3.70. The van der Waals surface area contributed by atoms with E-state index in [1.165, 1.54) is 0 Å². The van der Waals surface area contributed by atoms with Gasteiger partial charge in [0.05, 0.1) is 12.6 Å². The van der Waals surface area contributed by atoms with E-state index >= 15 is 0 Å². The SMILES string of the molecule is CC(C)C(=O)N(Cc1cccs1)C1CC(C(=O)NCCN)N(C(=O)C2CC2)C1. The number of rotatable bonds is 8. The molecule has 28 heavy (non-hydrogen) atoms. The summed E-state index contributed by atoms with van der Waals surface area (Å²) in [5.74, 6) is -0.175. The quantitative estimate of drug-likeness (QED) is 0.678. The van der Waals surface area contributed by atoms with Crippen LogP contribution in [0.2, 0.25) is 0 Å². The van der Waals surface area contributed by atoms with Gasteiger partial charge >= 0.3 is 0 Å². The Labute approximate surface area is 170 Å². The zero-order valence-electron chi connectivity index (χ0n) is 16.6. The van der Waals surface area contributed by atoms with Crippen molar-refractivity contribution >= 4 is 29.1 Å². The van der Waals surface area contributed by atoms with Crippen LogP contribution in [-0.2, 0) is 20.9 Å². The van der Waals surface area contributed by atoms with Gasteiger partial charge in [-0.1, -0.05) is 19.9 Å².